The summed E-state index contributed by atoms with van der Waals surface area (Å²) in [6, 6.07) is 9.37. The highest BCUT2D eigenvalue weighted by Crippen LogP contribution is 2.45. The molecular weight excluding hydrogens is 355 g/mol. The highest BCUT2D eigenvalue weighted by atomic mass is 35.5. The lowest BCUT2D eigenvalue weighted by Crippen LogP contribution is -1.91. The molecule has 2 heterocycles. The molecule has 0 aliphatic rings. The number of furan rings is 1. The average molecular weight is 369 g/mol. The van der Waals surface area contributed by atoms with Gasteiger partial charge in [-0.15, -0.1) is 0 Å². The first kappa shape index (κ1) is 16.5. The number of phenolic OH excluding ortho intramolecular Hbond substituents is 1. The minimum atomic E-state index is -0.332. The molecule has 4 nitrogen and oxygen atoms in total. The van der Waals surface area contributed by atoms with Crippen LogP contribution in [0.5, 0.6) is 5.75 Å². The van der Waals surface area contributed by atoms with Gasteiger partial charge in [0.15, 0.2) is 0 Å². The van der Waals surface area contributed by atoms with E-state index in [9.17, 15) is 9.50 Å². The Bertz CT molecular complexity index is 1110. The normalized spacial score (nSPS) is 11.2. The summed E-state index contributed by atoms with van der Waals surface area (Å²) in [4.78, 5) is 8.26. The van der Waals surface area contributed by atoms with E-state index in [-0.39, 0.29) is 16.7 Å². The molecule has 0 aliphatic carbocycles. The quantitative estimate of drug-likeness (QED) is 0.463. The largest absolute Gasteiger partial charge is 0.508 e. The fourth-order valence-electron chi connectivity index (χ4n) is 3.28. The maximum Gasteiger partial charge on any atom is 0.231 e. The lowest BCUT2D eigenvalue weighted by atomic mass is 9.92. The predicted octanol–water partition coefficient (Wildman–Crippen LogP) is 5.67. The summed E-state index contributed by atoms with van der Waals surface area (Å²) in [5.41, 5.74) is 4.36. The number of halogens is 2. The summed E-state index contributed by atoms with van der Waals surface area (Å²) < 4.78 is 19.3. The monoisotopic (exact) mass is 368 g/mol. The van der Waals surface area contributed by atoms with Crippen LogP contribution in [0.4, 0.5) is 4.39 Å². The van der Waals surface area contributed by atoms with Crippen molar-refractivity contribution in [2.24, 2.45) is 0 Å². The minimum Gasteiger partial charge on any atom is -0.508 e. The maximum atomic E-state index is 13.4. The average Bonchev–Trinajstić information content (AvgIpc) is 2.95. The zero-order chi connectivity index (χ0) is 18.4. The number of phenols is 1. The van der Waals surface area contributed by atoms with Crippen molar-refractivity contribution in [3.05, 3.63) is 64.8 Å². The van der Waals surface area contributed by atoms with Crippen LogP contribution in [0, 0.1) is 19.7 Å². The molecule has 0 fully saturated rings. The molecule has 0 radical (unpaired) electrons. The molecular formula is C20H14ClFN2O2. The Labute approximate surface area is 153 Å². The summed E-state index contributed by atoms with van der Waals surface area (Å²) in [7, 11) is 0. The van der Waals surface area contributed by atoms with Crippen molar-refractivity contribution in [2.75, 3.05) is 0 Å². The van der Waals surface area contributed by atoms with E-state index in [0.717, 1.165) is 22.3 Å². The summed E-state index contributed by atoms with van der Waals surface area (Å²) in [6.07, 6.45) is 1.34. The molecule has 0 unspecified atom stereocenters. The topological polar surface area (TPSA) is 59.2 Å². The van der Waals surface area contributed by atoms with Gasteiger partial charge in [0.25, 0.3) is 0 Å². The van der Waals surface area contributed by atoms with Crippen molar-refractivity contribution in [1.29, 1.82) is 0 Å². The smallest absolute Gasteiger partial charge is 0.231 e. The maximum absolute atomic E-state index is 13.4. The standard InChI is InChI=1S/C20H14ClFN2O2/c1-10-7-14(25)8-11(2)15(10)16-17-19(21)23-9-24-20(17)26-18(16)12-3-5-13(22)6-4-12/h3-9,25H,1-2H3. The van der Waals surface area contributed by atoms with Gasteiger partial charge in [0.05, 0.1) is 5.39 Å². The number of fused-ring (bicyclic) bond motifs is 1. The van der Waals surface area contributed by atoms with Crippen molar-refractivity contribution in [1.82, 2.24) is 9.97 Å². The van der Waals surface area contributed by atoms with Crippen LogP contribution in [0.15, 0.2) is 47.1 Å². The van der Waals surface area contributed by atoms with Gasteiger partial charge in [0, 0.05) is 11.1 Å². The van der Waals surface area contributed by atoms with E-state index < -0.39 is 0 Å². The van der Waals surface area contributed by atoms with E-state index >= 15 is 0 Å². The lowest BCUT2D eigenvalue weighted by Gasteiger charge is -2.12. The molecule has 0 aliphatic heterocycles. The number of rotatable bonds is 2. The Morgan fingerprint density at radius 3 is 2.31 bits per heavy atom. The van der Waals surface area contributed by atoms with Crippen molar-refractivity contribution in [2.45, 2.75) is 13.8 Å². The second-order valence-corrected chi connectivity index (χ2v) is 6.47. The number of aromatic nitrogens is 2. The van der Waals surface area contributed by atoms with Crippen molar-refractivity contribution < 1.29 is 13.9 Å². The second-order valence-electron chi connectivity index (χ2n) is 6.11. The molecule has 0 amide bonds. The van der Waals surface area contributed by atoms with Gasteiger partial charge in [-0.25, -0.2) is 14.4 Å². The minimum absolute atomic E-state index is 0.183. The number of nitrogens with zero attached hydrogens (tertiary/aromatic N) is 2. The van der Waals surface area contributed by atoms with E-state index in [4.69, 9.17) is 16.0 Å². The van der Waals surface area contributed by atoms with Crippen LogP contribution < -0.4 is 0 Å². The number of hydrogen-bond donors (Lipinski definition) is 1. The van der Waals surface area contributed by atoms with Crippen molar-refractivity contribution >= 4 is 22.7 Å². The first-order valence-electron chi connectivity index (χ1n) is 7.95. The third-order valence-corrected chi connectivity index (χ3v) is 4.60. The van der Waals surface area contributed by atoms with Gasteiger partial charge in [0.1, 0.15) is 28.8 Å². The van der Waals surface area contributed by atoms with Gasteiger partial charge < -0.3 is 9.52 Å². The summed E-state index contributed by atoms with van der Waals surface area (Å²) in [6.45, 7) is 3.79. The second kappa shape index (κ2) is 6.11. The van der Waals surface area contributed by atoms with Gasteiger partial charge in [-0.3, -0.25) is 0 Å². The molecule has 0 saturated carbocycles. The SMILES string of the molecule is Cc1cc(O)cc(C)c1-c1c(-c2ccc(F)cc2)oc2ncnc(Cl)c12. The Hall–Kier alpha value is -2.92. The number of aryl methyl sites for hydroxylation is 2. The Morgan fingerprint density at radius 1 is 1.00 bits per heavy atom. The van der Waals surface area contributed by atoms with Gasteiger partial charge >= 0.3 is 0 Å². The highest BCUT2D eigenvalue weighted by molar-refractivity contribution is 6.35. The molecule has 0 spiro atoms. The molecule has 2 aromatic carbocycles. The number of benzene rings is 2. The van der Waals surface area contributed by atoms with E-state index in [1.807, 2.05) is 13.8 Å². The number of aromatic hydroxyl groups is 1. The molecule has 130 valence electrons. The first-order chi connectivity index (χ1) is 12.5. The summed E-state index contributed by atoms with van der Waals surface area (Å²) >= 11 is 6.35. The van der Waals surface area contributed by atoms with Gasteiger partial charge in [-0.2, -0.15) is 0 Å². The molecule has 2 aromatic heterocycles. The third-order valence-electron chi connectivity index (χ3n) is 4.32. The van der Waals surface area contributed by atoms with Crippen LogP contribution in [0.3, 0.4) is 0 Å². The summed E-state index contributed by atoms with van der Waals surface area (Å²) in [5.74, 6) is 0.378. The van der Waals surface area contributed by atoms with Crippen LogP contribution in [0.2, 0.25) is 5.15 Å². The molecule has 26 heavy (non-hydrogen) atoms. The van der Waals surface area contributed by atoms with E-state index in [2.05, 4.69) is 9.97 Å². The fourth-order valence-corrected chi connectivity index (χ4v) is 3.50. The molecule has 4 aromatic rings. The van der Waals surface area contributed by atoms with Crippen LogP contribution in [-0.2, 0) is 0 Å². The van der Waals surface area contributed by atoms with Gasteiger partial charge in [-0.1, -0.05) is 11.6 Å². The van der Waals surface area contributed by atoms with Crippen LogP contribution in [0.1, 0.15) is 11.1 Å². The molecule has 0 bridgehead atoms. The van der Waals surface area contributed by atoms with Crippen LogP contribution in [-0.4, -0.2) is 15.1 Å². The Kier molecular flexibility index (Phi) is 3.89. The Morgan fingerprint density at radius 2 is 1.65 bits per heavy atom. The fraction of sp³-hybridized carbons (Fsp3) is 0.100. The molecule has 1 N–H and O–H groups in total. The van der Waals surface area contributed by atoms with E-state index in [1.54, 1.807) is 24.3 Å². The zero-order valence-corrected chi connectivity index (χ0v) is 14.8. The Balaban J connectivity index is 2.13. The predicted molar refractivity (Wildman–Crippen MR) is 98.8 cm³/mol. The lowest BCUT2D eigenvalue weighted by molar-refractivity contribution is 0.474. The van der Waals surface area contributed by atoms with Crippen LogP contribution >= 0.6 is 11.6 Å². The van der Waals surface area contributed by atoms with Crippen LogP contribution in [0.25, 0.3) is 33.6 Å². The molecule has 0 saturated heterocycles. The third kappa shape index (κ3) is 2.61. The number of hydrogen-bond acceptors (Lipinski definition) is 4. The van der Waals surface area contributed by atoms with Gasteiger partial charge in [-0.05, 0) is 66.9 Å². The molecule has 4 rings (SSSR count). The van der Waals surface area contributed by atoms with Gasteiger partial charge in [0.2, 0.25) is 5.71 Å². The molecule has 0 atom stereocenters. The van der Waals surface area contributed by atoms with Crippen molar-refractivity contribution in [3.8, 4) is 28.2 Å². The summed E-state index contributed by atoms with van der Waals surface area (Å²) in [5, 5.41) is 10.7. The zero-order valence-electron chi connectivity index (χ0n) is 14.0. The molecule has 6 heteroatoms. The highest BCUT2D eigenvalue weighted by Gasteiger charge is 2.24. The van der Waals surface area contributed by atoms with E-state index in [0.29, 0.717) is 22.4 Å². The first-order valence-corrected chi connectivity index (χ1v) is 8.33. The van der Waals surface area contributed by atoms with E-state index in [1.165, 1.54) is 18.5 Å². The van der Waals surface area contributed by atoms with Crippen molar-refractivity contribution in [3.63, 3.8) is 0 Å².